The molecule has 1 aromatic rings. The third kappa shape index (κ3) is 2.60. The van der Waals surface area contributed by atoms with Crippen LogP contribution in [0.3, 0.4) is 0 Å². The summed E-state index contributed by atoms with van der Waals surface area (Å²) in [6.45, 7) is -0.291. The molecule has 4 N–H and O–H groups in total. The average Bonchev–Trinajstić information content (AvgIpc) is 2.16. The van der Waals surface area contributed by atoms with Crippen LogP contribution in [0.4, 0.5) is 18.9 Å². The maximum atomic E-state index is 12.0. The number of pyridine rings is 1. The minimum absolute atomic E-state index is 0.102. The van der Waals surface area contributed by atoms with E-state index in [2.05, 4.69) is 9.72 Å². The van der Waals surface area contributed by atoms with Gasteiger partial charge in [0.2, 0.25) is 0 Å². The molecule has 0 spiro atoms. The van der Waals surface area contributed by atoms with Gasteiger partial charge in [-0.3, -0.25) is 4.79 Å². The summed E-state index contributed by atoms with van der Waals surface area (Å²) in [6.07, 6.45) is -3.78. The molecule has 0 atom stereocenters. The maximum absolute atomic E-state index is 12.0. The molecular weight excluding hydrogens is 227 g/mol. The van der Waals surface area contributed by atoms with Crippen molar-refractivity contribution in [3.8, 4) is 5.75 Å². The largest absolute Gasteiger partial charge is 0.573 e. The SMILES string of the molecule is NCc1c(OC(F)(F)F)cnc(C=O)c1N. The molecule has 88 valence electrons. The summed E-state index contributed by atoms with van der Waals surface area (Å²) in [6, 6.07) is 0. The van der Waals surface area contributed by atoms with E-state index in [4.69, 9.17) is 11.5 Å². The fourth-order valence-corrected chi connectivity index (χ4v) is 1.08. The Morgan fingerprint density at radius 3 is 2.56 bits per heavy atom. The number of anilines is 1. The molecule has 0 radical (unpaired) electrons. The van der Waals surface area contributed by atoms with Crippen LogP contribution in [0.5, 0.6) is 5.75 Å². The van der Waals surface area contributed by atoms with Gasteiger partial charge in [-0.25, -0.2) is 4.98 Å². The van der Waals surface area contributed by atoms with Gasteiger partial charge in [-0.2, -0.15) is 0 Å². The van der Waals surface area contributed by atoms with Crippen molar-refractivity contribution in [3.05, 3.63) is 17.5 Å². The Kier molecular flexibility index (Phi) is 3.33. The monoisotopic (exact) mass is 235 g/mol. The number of nitrogens with zero attached hydrogens (tertiary/aromatic N) is 1. The van der Waals surface area contributed by atoms with Gasteiger partial charge in [0, 0.05) is 12.1 Å². The highest BCUT2D eigenvalue weighted by atomic mass is 19.4. The van der Waals surface area contributed by atoms with Crippen LogP contribution in [0.15, 0.2) is 6.20 Å². The molecule has 1 rings (SSSR count). The number of nitrogen functional groups attached to an aromatic ring is 1. The van der Waals surface area contributed by atoms with Gasteiger partial charge in [0.05, 0.1) is 11.9 Å². The number of nitrogens with two attached hydrogens (primary N) is 2. The van der Waals surface area contributed by atoms with Crippen molar-refractivity contribution >= 4 is 12.0 Å². The highest BCUT2D eigenvalue weighted by Crippen LogP contribution is 2.29. The van der Waals surface area contributed by atoms with Crippen LogP contribution in [-0.2, 0) is 6.54 Å². The van der Waals surface area contributed by atoms with Crippen LogP contribution < -0.4 is 16.2 Å². The number of hydrogen-bond donors (Lipinski definition) is 2. The molecule has 1 aromatic heterocycles. The quantitative estimate of drug-likeness (QED) is 0.757. The normalized spacial score (nSPS) is 11.2. The van der Waals surface area contributed by atoms with E-state index in [-0.39, 0.29) is 23.5 Å². The lowest BCUT2D eigenvalue weighted by Crippen LogP contribution is -2.20. The second kappa shape index (κ2) is 4.35. The Bertz CT molecular complexity index is 406. The van der Waals surface area contributed by atoms with E-state index in [0.717, 1.165) is 6.20 Å². The first-order valence-electron chi connectivity index (χ1n) is 4.07. The minimum Gasteiger partial charge on any atom is -0.404 e. The van der Waals surface area contributed by atoms with Crippen LogP contribution in [-0.4, -0.2) is 17.6 Å². The zero-order chi connectivity index (χ0) is 12.3. The predicted octanol–water partition coefficient (Wildman–Crippen LogP) is 0.834. The van der Waals surface area contributed by atoms with E-state index in [0.29, 0.717) is 6.29 Å². The van der Waals surface area contributed by atoms with E-state index in [1.54, 1.807) is 0 Å². The lowest BCUT2D eigenvalue weighted by molar-refractivity contribution is -0.275. The van der Waals surface area contributed by atoms with Gasteiger partial charge in [0.1, 0.15) is 5.69 Å². The molecule has 0 aliphatic heterocycles. The van der Waals surface area contributed by atoms with Gasteiger partial charge in [0.15, 0.2) is 12.0 Å². The molecule has 0 unspecified atom stereocenters. The van der Waals surface area contributed by atoms with Crippen LogP contribution >= 0.6 is 0 Å². The number of aromatic nitrogens is 1. The van der Waals surface area contributed by atoms with Crippen LogP contribution in [0, 0.1) is 0 Å². The van der Waals surface area contributed by atoms with Gasteiger partial charge in [-0.05, 0) is 0 Å². The van der Waals surface area contributed by atoms with Gasteiger partial charge in [-0.15, -0.1) is 13.2 Å². The first kappa shape index (κ1) is 12.2. The zero-order valence-corrected chi connectivity index (χ0v) is 7.91. The smallest absolute Gasteiger partial charge is 0.404 e. The first-order valence-corrected chi connectivity index (χ1v) is 4.07. The number of alkyl halides is 3. The molecule has 1 heterocycles. The van der Waals surface area contributed by atoms with Crippen LogP contribution in [0.25, 0.3) is 0 Å². The van der Waals surface area contributed by atoms with E-state index in [1.807, 2.05) is 0 Å². The minimum atomic E-state index is -4.86. The van der Waals surface area contributed by atoms with Crippen molar-refractivity contribution in [2.24, 2.45) is 5.73 Å². The fraction of sp³-hybridized carbons (Fsp3) is 0.250. The standard InChI is InChI=1S/C8H8F3N3O2/c9-8(10,11)16-6-2-14-5(3-15)7(13)4(6)1-12/h2-3H,1,12-13H2. The molecule has 0 aromatic carbocycles. The Hall–Kier alpha value is -1.83. The van der Waals surface area contributed by atoms with Crippen molar-refractivity contribution in [1.29, 1.82) is 0 Å². The summed E-state index contributed by atoms with van der Waals surface area (Å²) in [5.41, 5.74) is 10.1. The summed E-state index contributed by atoms with van der Waals surface area (Å²) < 4.78 is 39.6. The number of carbonyl (C=O) groups is 1. The lowest BCUT2D eigenvalue weighted by Gasteiger charge is -2.14. The van der Waals surface area contributed by atoms with Crippen molar-refractivity contribution < 1.29 is 22.7 Å². The average molecular weight is 235 g/mol. The number of halogens is 3. The number of aldehydes is 1. The number of hydrogen-bond acceptors (Lipinski definition) is 5. The molecule has 5 nitrogen and oxygen atoms in total. The van der Waals surface area contributed by atoms with E-state index >= 15 is 0 Å². The predicted molar refractivity (Wildman–Crippen MR) is 48.6 cm³/mol. The number of carbonyl (C=O) groups excluding carboxylic acids is 1. The highest BCUT2D eigenvalue weighted by Gasteiger charge is 2.32. The Labute approximate surface area is 88.2 Å². The number of ether oxygens (including phenoxy) is 1. The third-order valence-electron chi connectivity index (χ3n) is 1.76. The maximum Gasteiger partial charge on any atom is 0.573 e. The van der Waals surface area contributed by atoms with Crippen LogP contribution in [0.2, 0.25) is 0 Å². The highest BCUT2D eigenvalue weighted by molar-refractivity contribution is 5.82. The van der Waals surface area contributed by atoms with Gasteiger partial charge in [0.25, 0.3) is 0 Å². The third-order valence-corrected chi connectivity index (χ3v) is 1.76. The second-order valence-electron chi connectivity index (χ2n) is 2.77. The molecule has 0 aliphatic rings. The molecule has 0 bridgehead atoms. The summed E-state index contributed by atoms with van der Waals surface area (Å²) in [5.74, 6) is -0.599. The molecule has 0 saturated carbocycles. The summed E-state index contributed by atoms with van der Waals surface area (Å²) in [4.78, 5) is 13.9. The van der Waals surface area contributed by atoms with Crippen molar-refractivity contribution in [3.63, 3.8) is 0 Å². The Morgan fingerprint density at radius 1 is 1.50 bits per heavy atom. The molecule has 8 heteroatoms. The van der Waals surface area contributed by atoms with Gasteiger partial charge < -0.3 is 16.2 Å². The summed E-state index contributed by atoms with van der Waals surface area (Å²) in [5, 5.41) is 0. The Balaban J connectivity index is 3.21. The lowest BCUT2D eigenvalue weighted by atomic mass is 10.1. The molecule has 0 aliphatic carbocycles. The fourth-order valence-electron chi connectivity index (χ4n) is 1.08. The topological polar surface area (TPSA) is 91.2 Å². The van der Waals surface area contributed by atoms with E-state index in [1.165, 1.54) is 0 Å². The van der Waals surface area contributed by atoms with Crippen molar-refractivity contribution in [1.82, 2.24) is 4.98 Å². The van der Waals surface area contributed by atoms with E-state index in [9.17, 15) is 18.0 Å². The first-order chi connectivity index (χ1) is 7.39. The second-order valence-corrected chi connectivity index (χ2v) is 2.77. The van der Waals surface area contributed by atoms with Gasteiger partial charge in [-0.1, -0.05) is 0 Å². The number of rotatable bonds is 3. The van der Waals surface area contributed by atoms with Crippen molar-refractivity contribution in [2.45, 2.75) is 12.9 Å². The molecule has 0 amide bonds. The van der Waals surface area contributed by atoms with Crippen molar-refractivity contribution in [2.75, 3.05) is 5.73 Å². The Morgan fingerprint density at radius 2 is 2.12 bits per heavy atom. The molecule has 0 saturated heterocycles. The summed E-state index contributed by atoms with van der Waals surface area (Å²) >= 11 is 0. The summed E-state index contributed by atoms with van der Waals surface area (Å²) in [7, 11) is 0. The zero-order valence-electron chi connectivity index (χ0n) is 7.91. The van der Waals surface area contributed by atoms with Gasteiger partial charge >= 0.3 is 6.36 Å². The van der Waals surface area contributed by atoms with E-state index < -0.39 is 12.1 Å². The molecule has 16 heavy (non-hydrogen) atoms. The molecular formula is C8H8F3N3O2. The van der Waals surface area contributed by atoms with Crippen LogP contribution in [0.1, 0.15) is 16.1 Å². The molecule has 0 fully saturated rings.